The number of piperazine rings is 1. The second-order valence-electron chi connectivity index (χ2n) is 12.3. The van der Waals surface area contributed by atoms with Crippen LogP contribution in [0.25, 0.3) is 27.8 Å². The van der Waals surface area contributed by atoms with Crippen LogP contribution in [0.15, 0.2) is 70.8 Å². The van der Waals surface area contributed by atoms with E-state index < -0.39 is 0 Å². The Kier molecular flexibility index (Phi) is 7.98. The van der Waals surface area contributed by atoms with Crippen LogP contribution in [0, 0.1) is 6.92 Å². The average Bonchev–Trinajstić information content (AvgIpc) is 3.38. The summed E-state index contributed by atoms with van der Waals surface area (Å²) in [7, 11) is 1.66. The van der Waals surface area contributed by atoms with E-state index in [0.717, 1.165) is 56.3 Å². The number of anilines is 3. The van der Waals surface area contributed by atoms with Crippen LogP contribution in [-0.2, 0) is 18.3 Å². The molecule has 0 bridgehead atoms. The van der Waals surface area contributed by atoms with Crippen LogP contribution < -0.4 is 21.3 Å². The molecule has 1 N–H and O–H groups in total. The molecule has 0 aromatic carbocycles. The molecule has 242 valence electrons. The molecule has 1 unspecified atom stereocenters. The van der Waals surface area contributed by atoms with Crippen LogP contribution in [0.2, 0.25) is 0 Å². The third-order valence-corrected chi connectivity index (χ3v) is 9.44. The number of aldehydes is 1. The van der Waals surface area contributed by atoms with Gasteiger partial charge in [-0.15, -0.1) is 0 Å². The summed E-state index contributed by atoms with van der Waals surface area (Å²) >= 11 is 0. The number of aromatic nitrogens is 5. The summed E-state index contributed by atoms with van der Waals surface area (Å²) in [6.45, 7) is 11.5. The fraction of sp³-hybridized carbons (Fsp3) is 0.343. The topological polar surface area (TPSA) is 120 Å². The van der Waals surface area contributed by atoms with Crippen molar-refractivity contribution in [3.05, 3.63) is 93.2 Å². The van der Waals surface area contributed by atoms with Crippen molar-refractivity contribution in [3.63, 3.8) is 0 Å². The number of nitrogens with zero attached hydrogens (tertiary/aromatic N) is 7. The molecule has 7 rings (SSSR count). The van der Waals surface area contributed by atoms with Gasteiger partial charge in [0, 0.05) is 69.1 Å². The lowest BCUT2D eigenvalue weighted by molar-refractivity contribution is -0.0691. The molecule has 1 atom stereocenters. The van der Waals surface area contributed by atoms with Crippen LogP contribution >= 0.6 is 0 Å². The number of carbonyl (C=O) groups is 1. The molecule has 2 fully saturated rings. The number of ether oxygens (including phenoxy) is 1. The largest absolute Gasteiger partial charge is 0.378 e. The summed E-state index contributed by atoms with van der Waals surface area (Å²) in [5, 5.41) is 3.74. The number of aryl methyl sites for hydroxylation is 3. The second-order valence-corrected chi connectivity index (χ2v) is 12.3. The van der Waals surface area contributed by atoms with Crippen molar-refractivity contribution in [1.82, 2.24) is 28.6 Å². The summed E-state index contributed by atoms with van der Waals surface area (Å²) < 4.78 is 10.3. The van der Waals surface area contributed by atoms with E-state index in [2.05, 4.69) is 36.6 Å². The number of rotatable bonds is 8. The van der Waals surface area contributed by atoms with E-state index >= 15 is 0 Å². The highest BCUT2D eigenvalue weighted by Crippen LogP contribution is 2.29. The molecule has 7 heterocycles. The van der Waals surface area contributed by atoms with Crippen molar-refractivity contribution in [1.29, 1.82) is 0 Å². The number of nitrogens with one attached hydrogen (secondary N) is 1. The first-order valence-corrected chi connectivity index (χ1v) is 16.0. The molecule has 12 heteroatoms. The normalized spacial score (nSPS) is 17.2. The van der Waals surface area contributed by atoms with Crippen molar-refractivity contribution in [2.75, 3.05) is 43.1 Å². The van der Waals surface area contributed by atoms with Crippen molar-refractivity contribution in [2.45, 2.75) is 39.4 Å². The molecule has 0 spiro atoms. The molecule has 0 amide bonds. The Labute approximate surface area is 271 Å². The number of pyridine rings is 4. The maximum absolute atomic E-state index is 13.6. The van der Waals surface area contributed by atoms with Gasteiger partial charge in [0.15, 0.2) is 12.1 Å². The Morgan fingerprint density at radius 3 is 2.57 bits per heavy atom. The summed E-state index contributed by atoms with van der Waals surface area (Å²) in [6.07, 6.45) is 7.43. The number of carbonyl (C=O) groups excluding carboxylic acids is 1. The zero-order valence-corrected chi connectivity index (χ0v) is 27.0. The van der Waals surface area contributed by atoms with E-state index in [4.69, 9.17) is 4.74 Å². The van der Waals surface area contributed by atoms with Gasteiger partial charge in [0.05, 0.1) is 47.6 Å². The van der Waals surface area contributed by atoms with E-state index in [1.54, 1.807) is 37.8 Å². The maximum atomic E-state index is 13.6. The molecule has 2 saturated heterocycles. The molecule has 5 aromatic heterocycles. The lowest BCUT2D eigenvalue weighted by Gasteiger charge is -2.46. The first-order valence-electron chi connectivity index (χ1n) is 16.0. The predicted octanol–water partition coefficient (Wildman–Crippen LogP) is 3.74. The van der Waals surface area contributed by atoms with E-state index in [1.807, 2.05) is 44.3 Å². The zero-order chi connectivity index (χ0) is 32.8. The number of hydrogen-bond donors (Lipinski definition) is 1. The number of fused-ring (bicyclic) bond motifs is 1. The average molecular weight is 635 g/mol. The van der Waals surface area contributed by atoms with E-state index in [-0.39, 0.29) is 22.5 Å². The van der Waals surface area contributed by atoms with E-state index in [9.17, 15) is 14.4 Å². The maximum Gasteiger partial charge on any atom is 0.274 e. The highest BCUT2D eigenvalue weighted by Gasteiger charge is 2.32. The lowest BCUT2D eigenvalue weighted by Crippen LogP contribution is -2.59. The fourth-order valence-electron chi connectivity index (χ4n) is 6.85. The van der Waals surface area contributed by atoms with Gasteiger partial charge >= 0.3 is 0 Å². The van der Waals surface area contributed by atoms with Gasteiger partial charge < -0.3 is 24.1 Å². The first-order chi connectivity index (χ1) is 22.8. The standard InChI is InChI=1S/C35H38N8O4/c1-5-41-22(2)14-28-31(41)9-11-43(34(28)45)33-29(19-44)27(8-10-36-33)24-15-30(35(46)39(4)18-24)38-32-7-6-25(16-37-32)42-13-12-40(17-23(42)3)26-20-47-21-26/h6-11,14-16,18-19,23,26H,5,12-13,17,20-21H2,1-4H3,(H,37,38). The smallest absolute Gasteiger partial charge is 0.274 e. The van der Waals surface area contributed by atoms with E-state index in [0.29, 0.717) is 46.4 Å². The highest BCUT2D eigenvalue weighted by atomic mass is 16.5. The molecule has 0 saturated carbocycles. The summed E-state index contributed by atoms with van der Waals surface area (Å²) in [6, 6.07) is 11.9. The van der Waals surface area contributed by atoms with Crippen molar-refractivity contribution < 1.29 is 9.53 Å². The van der Waals surface area contributed by atoms with Crippen molar-refractivity contribution in [2.24, 2.45) is 7.05 Å². The van der Waals surface area contributed by atoms with Gasteiger partial charge in [0.1, 0.15) is 11.5 Å². The molecular weight excluding hydrogens is 596 g/mol. The molecule has 2 aliphatic rings. The van der Waals surface area contributed by atoms with E-state index in [1.165, 1.54) is 9.13 Å². The Morgan fingerprint density at radius 2 is 1.89 bits per heavy atom. The third-order valence-electron chi connectivity index (χ3n) is 9.44. The van der Waals surface area contributed by atoms with Crippen molar-refractivity contribution in [3.8, 4) is 16.9 Å². The summed E-state index contributed by atoms with van der Waals surface area (Å²) in [5.41, 5.74) is 4.05. The number of hydrogen-bond acceptors (Lipinski definition) is 9. The van der Waals surface area contributed by atoms with Crippen LogP contribution in [0.3, 0.4) is 0 Å². The first kappa shape index (κ1) is 30.6. The molecule has 0 aliphatic carbocycles. The molecule has 5 aromatic rings. The SMILES string of the molecule is CCn1c(C)cc2c(=O)n(-c3nccc(-c4cc(Nc5ccc(N6CCN(C7COC7)CC6C)cn5)c(=O)n(C)c4)c3C=O)ccc21. The molecule has 47 heavy (non-hydrogen) atoms. The van der Waals surface area contributed by atoms with Gasteiger partial charge in [0.25, 0.3) is 11.1 Å². The minimum atomic E-state index is -0.257. The van der Waals surface area contributed by atoms with Gasteiger partial charge in [-0.1, -0.05) is 0 Å². The Hall–Kier alpha value is -5.07. The molecule has 0 radical (unpaired) electrons. The lowest BCUT2D eigenvalue weighted by atomic mass is 10.0. The monoisotopic (exact) mass is 634 g/mol. The van der Waals surface area contributed by atoms with Crippen molar-refractivity contribution >= 4 is 34.4 Å². The second kappa shape index (κ2) is 12.3. The summed E-state index contributed by atoms with van der Waals surface area (Å²) in [5.74, 6) is 0.754. The zero-order valence-electron chi connectivity index (χ0n) is 27.0. The Balaban J connectivity index is 1.18. The van der Waals surface area contributed by atoms with Gasteiger partial charge in [-0.2, -0.15) is 0 Å². The van der Waals surface area contributed by atoms with Gasteiger partial charge in [-0.05, 0) is 62.7 Å². The minimum Gasteiger partial charge on any atom is -0.378 e. The molecular formula is C35H38N8O4. The highest BCUT2D eigenvalue weighted by molar-refractivity contribution is 5.92. The van der Waals surface area contributed by atoms with Crippen LogP contribution in [0.1, 0.15) is 29.9 Å². The third kappa shape index (κ3) is 5.43. The quantitative estimate of drug-likeness (QED) is 0.255. The van der Waals surface area contributed by atoms with Gasteiger partial charge in [0.2, 0.25) is 0 Å². The predicted molar refractivity (Wildman–Crippen MR) is 182 cm³/mol. The van der Waals surface area contributed by atoms with Gasteiger partial charge in [-0.3, -0.25) is 23.9 Å². The van der Waals surface area contributed by atoms with Crippen LogP contribution in [0.5, 0.6) is 0 Å². The molecule has 2 aliphatic heterocycles. The van der Waals surface area contributed by atoms with Gasteiger partial charge in [-0.25, -0.2) is 9.97 Å². The fourth-order valence-corrected chi connectivity index (χ4v) is 6.85. The molecule has 12 nitrogen and oxygen atoms in total. The van der Waals surface area contributed by atoms with Crippen LogP contribution in [-0.4, -0.2) is 79.8 Å². The minimum absolute atomic E-state index is 0.225. The summed E-state index contributed by atoms with van der Waals surface area (Å²) in [4.78, 5) is 53.3. The Morgan fingerprint density at radius 1 is 1.06 bits per heavy atom. The Bertz CT molecular complexity index is 2090. The van der Waals surface area contributed by atoms with Crippen LogP contribution in [0.4, 0.5) is 17.2 Å².